The third-order valence-corrected chi connectivity index (χ3v) is 5.38. The number of carbonyl (C=O) groups is 2. The molecule has 1 spiro atoms. The molecule has 1 atom stereocenters. The fourth-order valence-electron chi connectivity index (χ4n) is 3.77. The number of hydrogen-bond acceptors (Lipinski definition) is 4. The van der Waals surface area contributed by atoms with Crippen molar-refractivity contribution in [3.8, 4) is 0 Å². The van der Waals surface area contributed by atoms with E-state index in [0.29, 0.717) is 48.5 Å². The van der Waals surface area contributed by atoms with Crippen LogP contribution in [-0.2, 0) is 9.63 Å². The van der Waals surface area contributed by atoms with E-state index in [9.17, 15) is 14.0 Å². The second kappa shape index (κ2) is 7.66. The molecular weight excluding hydrogens is 373 g/mol. The Labute approximate surface area is 168 Å². The average molecular weight is 395 g/mol. The summed E-state index contributed by atoms with van der Waals surface area (Å²) in [6.07, 6.45) is 1.76. The van der Waals surface area contributed by atoms with Gasteiger partial charge in [-0.25, -0.2) is 4.39 Å². The van der Waals surface area contributed by atoms with Crippen molar-refractivity contribution in [3.05, 3.63) is 65.5 Å². The molecule has 2 aromatic rings. The third kappa shape index (κ3) is 3.99. The number of nitrogens with one attached hydrogen (secondary N) is 1. The Bertz CT molecular complexity index is 977. The molecule has 4 rings (SSSR count). The third-order valence-electron chi connectivity index (χ3n) is 5.38. The summed E-state index contributed by atoms with van der Waals surface area (Å²) >= 11 is 0. The Kier molecular flexibility index (Phi) is 5.05. The first-order chi connectivity index (χ1) is 14.0. The summed E-state index contributed by atoms with van der Waals surface area (Å²) in [7, 11) is 0. The van der Waals surface area contributed by atoms with Gasteiger partial charge in [-0.2, -0.15) is 0 Å². The topological polar surface area (TPSA) is 71.0 Å². The Hall–Kier alpha value is -3.22. The Morgan fingerprint density at radius 1 is 1.21 bits per heavy atom. The van der Waals surface area contributed by atoms with Crippen LogP contribution in [0, 0.1) is 12.7 Å². The van der Waals surface area contributed by atoms with Crippen molar-refractivity contribution in [1.29, 1.82) is 0 Å². The maximum Gasteiger partial charge on any atom is 0.273 e. The van der Waals surface area contributed by atoms with Crippen molar-refractivity contribution < 1.29 is 18.8 Å². The van der Waals surface area contributed by atoms with E-state index in [1.165, 1.54) is 6.07 Å². The number of amides is 2. The predicted octanol–water partition coefficient (Wildman–Crippen LogP) is 3.52. The van der Waals surface area contributed by atoms with Crippen LogP contribution in [0.2, 0.25) is 0 Å². The molecule has 0 aromatic heterocycles. The van der Waals surface area contributed by atoms with Gasteiger partial charge in [0.2, 0.25) is 0 Å². The number of rotatable bonds is 3. The lowest BCUT2D eigenvalue weighted by atomic mass is 9.87. The Morgan fingerprint density at radius 2 is 2.00 bits per heavy atom. The number of piperidine rings is 1. The van der Waals surface area contributed by atoms with Gasteiger partial charge in [-0.15, -0.1) is 0 Å². The summed E-state index contributed by atoms with van der Waals surface area (Å²) in [6, 6.07) is 13.6. The maximum atomic E-state index is 13.9. The number of benzene rings is 2. The smallest absolute Gasteiger partial charge is 0.273 e. The number of hydrogen-bond donors (Lipinski definition) is 1. The molecule has 1 fully saturated rings. The molecule has 0 radical (unpaired) electrons. The van der Waals surface area contributed by atoms with Gasteiger partial charge >= 0.3 is 0 Å². The van der Waals surface area contributed by atoms with Crippen molar-refractivity contribution in [1.82, 2.24) is 4.90 Å². The van der Waals surface area contributed by atoms with E-state index in [4.69, 9.17) is 4.84 Å². The highest BCUT2D eigenvalue weighted by atomic mass is 19.1. The zero-order chi connectivity index (χ0) is 20.4. The summed E-state index contributed by atoms with van der Waals surface area (Å²) in [5.41, 5.74) is 1.09. The summed E-state index contributed by atoms with van der Waals surface area (Å²) in [5, 5.41) is 6.81. The molecule has 29 heavy (non-hydrogen) atoms. The van der Waals surface area contributed by atoms with Gasteiger partial charge in [-0.3, -0.25) is 9.59 Å². The molecule has 0 aliphatic carbocycles. The van der Waals surface area contributed by atoms with Crippen LogP contribution in [0.15, 0.2) is 53.7 Å². The van der Waals surface area contributed by atoms with Crippen LogP contribution in [0.25, 0.3) is 0 Å². The van der Waals surface area contributed by atoms with Crippen molar-refractivity contribution in [2.24, 2.45) is 5.16 Å². The standard InChI is InChI=1S/C22H22FN3O3/c1-15-8-9-16(12-18(15)23)21(28)26-11-5-10-22(14-26)13-19(25-29-22)20(27)24-17-6-3-2-4-7-17/h2-4,6-9,12H,5,10-11,13-14H2,1H3,(H,24,27)/t22-/m0/s1. The van der Waals surface area contributed by atoms with Gasteiger partial charge in [-0.1, -0.05) is 29.4 Å². The Morgan fingerprint density at radius 3 is 2.76 bits per heavy atom. The van der Waals surface area contributed by atoms with Gasteiger partial charge in [0.05, 0.1) is 6.54 Å². The monoisotopic (exact) mass is 395 g/mol. The normalized spacial score (nSPS) is 20.9. The van der Waals surface area contributed by atoms with Crippen LogP contribution in [0.3, 0.4) is 0 Å². The molecule has 0 saturated carbocycles. The Balaban J connectivity index is 1.42. The first-order valence-electron chi connectivity index (χ1n) is 9.63. The number of anilines is 1. The highest BCUT2D eigenvalue weighted by molar-refractivity contribution is 6.43. The molecule has 7 heteroatoms. The number of para-hydroxylation sites is 1. The van der Waals surface area contributed by atoms with Gasteiger partial charge in [-0.05, 0) is 49.6 Å². The lowest BCUT2D eigenvalue weighted by Crippen LogP contribution is -2.50. The lowest BCUT2D eigenvalue weighted by molar-refractivity contribution is -0.110. The van der Waals surface area contributed by atoms with Crippen molar-refractivity contribution in [2.45, 2.75) is 31.8 Å². The average Bonchev–Trinajstić information content (AvgIpc) is 3.13. The number of halogens is 1. The lowest BCUT2D eigenvalue weighted by Gasteiger charge is -2.38. The van der Waals surface area contributed by atoms with Crippen LogP contribution < -0.4 is 5.32 Å². The van der Waals surface area contributed by atoms with Gasteiger partial charge < -0.3 is 15.1 Å². The number of carbonyl (C=O) groups excluding carboxylic acids is 2. The van der Waals surface area contributed by atoms with Crippen LogP contribution >= 0.6 is 0 Å². The molecule has 0 unspecified atom stereocenters. The van der Waals surface area contributed by atoms with E-state index in [2.05, 4.69) is 10.5 Å². The fraction of sp³-hybridized carbons (Fsp3) is 0.318. The number of oxime groups is 1. The maximum absolute atomic E-state index is 13.9. The number of likely N-dealkylation sites (tertiary alicyclic amines) is 1. The van der Waals surface area contributed by atoms with Gasteiger partial charge in [0, 0.05) is 24.2 Å². The van der Waals surface area contributed by atoms with E-state index in [-0.39, 0.29) is 11.8 Å². The summed E-state index contributed by atoms with van der Waals surface area (Å²) in [6.45, 7) is 2.53. The SMILES string of the molecule is Cc1ccc(C(=O)N2CCC[C@]3(CC(C(=O)Nc4ccccc4)=NO3)C2)cc1F. The molecule has 2 amide bonds. The second-order valence-corrected chi connectivity index (χ2v) is 7.60. The first kappa shape index (κ1) is 19.1. The van der Waals surface area contributed by atoms with E-state index in [0.717, 1.165) is 6.42 Å². The summed E-state index contributed by atoms with van der Waals surface area (Å²) < 4.78 is 13.9. The quantitative estimate of drug-likeness (QED) is 0.864. The molecule has 0 bridgehead atoms. The van der Waals surface area contributed by atoms with E-state index in [1.54, 1.807) is 36.1 Å². The molecule has 1 N–H and O–H groups in total. The van der Waals surface area contributed by atoms with Crippen molar-refractivity contribution in [3.63, 3.8) is 0 Å². The van der Waals surface area contributed by atoms with Gasteiger partial charge in [0.1, 0.15) is 11.5 Å². The van der Waals surface area contributed by atoms with Gasteiger partial charge in [0.25, 0.3) is 11.8 Å². The van der Waals surface area contributed by atoms with Crippen LogP contribution in [0.1, 0.15) is 35.2 Å². The molecule has 1 saturated heterocycles. The number of nitrogens with zero attached hydrogens (tertiary/aromatic N) is 2. The first-order valence-corrected chi connectivity index (χ1v) is 9.63. The fourth-order valence-corrected chi connectivity index (χ4v) is 3.77. The van der Waals surface area contributed by atoms with Crippen molar-refractivity contribution in [2.75, 3.05) is 18.4 Å². The van der Waals surface area contributed by atoms with E-state index in [1.807, 2.05) is 18.2 Å². The minimum atomic E-state index is -0.708. The molecule has 150 valence electrons. The van der Waals surface area contributed by atoms with Crippen LogP contribution in [0.5, 0.6) is 0 Å². The zero-order valence-corrected chi connectivity index (χ0v) is 16.2. The minimum absolute atomic E-state index is 0.242. The largest absolute Gasteiger partial charge is 0.386 e. The second-order valence-electron chi connectivity index (χ2n) is 7.60. The van der Waals surface area contributed by atoms with Gasteiger partial charge in [0.15, 0.2) is 5.60 Å². The van der Waals surface area contributed by atoms with E-state index < -0.39 is 11.4 Å². The molecule has 2 heterocycles. The summed E-state index contributed by atoms with van der Waals surface area (Å²) in [4.78, 5) is 32.7. The van der Waals surface area contributed by atoms with Crippen LogP contribution in [-0.4, -0.2) is 41.1 Å². The zero-order valence-electron chi connectivity index (χ0n) is 16.2. The number of aryl methyl sites for hydroxylation is 1. The van der Waals surface area contributed by atoms with Crippen LogP contribution in [0.4, 0.5) is 10.1 Å². The molecular formula is C22H22FN3O3. The van der Waals surface area contributed by atoms with E-state index >= 15 is 0 Å². The predicted molar refractivity (Wildman–Crippen MR) is 107 cm³/mol. The molecule has 2 aliphatic rings. The van der Waals surface area contributed by atoms with Crippen molar-refractivity contribution >= 4 is 23.2 Å². The minimum Gasteiger partial charge on any atom is -0.386 e. The highest BCUT2D eigenvalue weighted by Crippen LogP contribution is 2.34. The summed E-state index contributed by atoms with van der Waals surface area (Å²) in [5.74, 6) is -0.950. The molecule has 6 nitrogen and oxygen atoms in total. The molecule has 2 aliphatic heterocycles. The highest BCUT2D eigenvalue weighted by Gasteiger charge is 2.45. The molecule has 2 aromatic carbocycles.